The van der Waals surface area contributed by atoms with E-state index in [1.807, 2.05) is 50.2 Å². The van der Waals surface area contributed by atoms with E-state index in [-0.39, 0.29) is 23.4 Å². The molecule has 36 heavy (non-hydrogen) atoms. The van der Waals surface area contributed by atoms with Crippen molar-refractivity contribution in [3.05, 3.63) is 106 Å². The molecule has 1 atom stereocenters. The lowest BCUT2D eigenvalue weighted by atomic mass is 9.95. The van der Waals surface area contributed by atoms with Crippen LogP contribution in [-0.4, -0.2) is 53.8 Å². The minimum absolute atomic E-state index is 0.128. The molecule has 0 aliphatic carbocycles. The quantitative estimate of drug-likeness (QED) is 0.283. The highest BCUT2D eigenvalue weighted by Gasteiger charge is 2.46. The lowest BCUT2D eigenvalue weighted by Crippen LogP contribution is -2.35. The van der Waals surface area contributed by atoms with Gasteiger partial charge in [-0.25, -0.2) is 4.39 Å². The second-order valence-corrected chi connectivity index (χ2v) is 9.12. The van der Waals surface area contributed by atoms with Gasteiger partial charge in [0.25, 0.3) is 11.7 Å². The van der Waals surface area contributed by atoms with E-state index in [9.17, 15) is 19.1 Å². The summed E-state index contributed by atoms with van der Waals surface area (Å²) in [6.07, 6.45) is 0. The first kappa shape index (κ1) is 25.1. The second kappa shape index (κ2) is 10.7. The highest BCUT2D eigenvalue weighted by atomic mass is 19.1. The Kier molecular flexibility index (Phi) is 7.50. The average molecular weight is 489 g/mol. The summed E-state index contributed by atoms with van der Waals surface area (Å²) in [5.74, 6) is -1.90. The lowest BCUT2D eigenvalue weighted by Gasteiger charge is -2.26. The number of aliphatic hydroxyl groups is 1. The molecule has 6 nitrogen and oxygen atoms in total. The van der Waals surface area contributed by atoms with Gasteiger partial charge < -0.3 is 19.6 Å². The number of likely N-dealkylation sites (N-methyl/N-ethyl adjacent to an activating group) is 1. The highest BCUT2D eigenvalue weighted by Crippen LogP contribution is 2.40. The standard InChI is InChI=1S/C29H29FN2O4/c1-19-7-6-8-20(17-19)18-36-22-13-11-21(12-14-22)27(33)25-26(23-9-4-5-10-24(23)30)32(16-15-31(2)3)29(35)28(25)34/h4-14,17,26,33H,15-16,18H2,1-3H3/b27-25+/t26-/m1/s1. The summed E-state index contributed by atoms with van der Waals surface area (Å²) < 4.78 is 20.7. The molecule has 1 saturated heterocycles. The molecule has 0 aromatic heterocycles. The Bertz CT molecular complexity index is 1300. The Balaban J connectivity index is 1.65. The van der Waals surface area contributed by atoms with Gasteiger partial charge in [-0.1, -0.05) is 48.0 Å². The molecule has 0 spiro atoms. The van der Waals surface area contributed by atoms with Crippen LogP contribution in [0.3, 0.4) is 0 Å². The van der Waals surface area contributed by atoms with Crippen LogP contribution in [0.1, 0.15) is 28.3 Å². The molecule has 0 radical (unpaired) electrons. The van der Waals surface area contributed by atoms with E-state index in [1.165, 1.54) is 17.0 Å². The molecule has 0 bridgehead atoms. The average Bonchev–Trinajstić information content (AvgIpc) is 3.11. The molecule has 1 aliphatic rings. The number of amides is 1. The summed E-state index contributed by atoms with van der Waals surface area (Å²) in [4.78, 5) is 29.2. The van der Waals surface area contributed by atoms with Crippen LogP contribution < -0.4 is 4.74 Å². The summed E-state index contributed by atoms with van der Waals surface area (Å²) in [5, 5.41) is 11.2. The van der Waals surface area contributed by atoms with Gasteiger partial charge in [-0.05, 0) is 56.9 Å². The van der Waals surface area contributed by atoms with Crippen LogP contribution in [-0.2, 0) is 16.2 Å². The predicted molar refractivity (Wildman–Crippen MR) is 136 cm³/mol. The summed E-state index contributed by atoms with van der Waals surface area (Å²) in [6.45, 7) is 3.08. The first-order chi connectivity index (χ1) is 17.3. The smallest absolute Gasteiger partial charge is 0.295 e. The molecule has 186 valence electrons. The Morgan fingerprint density at radius 2 is 1.75 bits per heavy atom. The number of rotatable bonds is 8. The maximum absolute atomic E-state index is 14.8. The van der Waals surface area contributed by atoms with Crippen molar-refractivity contribution in [2.24, 2.45) is 0 Å². The number of hydrogen-bond acceptors (Lipinski definition) is 5. The summed E-state index contributed by atoms with van der Waals surface area (Å²) >= 11 is 0. The van der Waals surface area contributed by atoms with Crippen molar-refractivity contribution in [1.82, 2.24) is 9.80 Å². The number of halogens is 1. The number of carbonyl (C=O) groups excluding carboxylic acids is 2. The predicted octanol–water partition coefficient (Wildman–Crippen LogP) is 4.70. The molecule has 3 aromatic carbocycles. The Hall–Kier alpha value is -3.97. The minimum atomic E-state index is -1.02. The van der Waals surface area contributed by atoms with Crippen LogP contribution in [0.4, 0.5) is 4.39 Å². The van der Waals surface area contributed by atoms with Gasteiger partial charge in [0, 0.05) is 24.2 Å². The van der Waals surface area contributed by atoms with Crippen molar-refractivity contribution in [2.75, 3.05) is 27.2 Å². The number of likely N-dealkylation sites (tertiary alicyclic amines) is 1. The zero-order valence-electron chi connectivity index (χ0n) is 20.6. The molecule has 1 heterocycles. The summed E-state index contributed by atoms with van der Waals surface area (Å²) in [6, 6.07) is 19.6. The van der Waals surface area contributed by atoms with Crippen molar-refractivity contribution in [3.63, 3.8) is 0 Å². The molecule has 0 saturated carbocycles. The van der Waals surface area contributed by atoms with Gasteiger partial charge in [0.05, 0.1) is 11.6 Å². The van der Waals surface area contributed by atoms with E-state index in [2.05, 4.69) is 0 Å². The number of ether oxygens (including phenoxy) is 1. The van der Waals surface area contributed by atoms with Gasteiger partial charge in [-0.3, -0.25) is 9.59 Å². The fraction of sp³-hybridized carbons (Fsp3) is 0.241. The summed E-state index contributed by atoms with van der Waals surface area (Å²) in [5.41, 5.74) is 2.55. The number of hydrogen-bond donors (Lipinski definition) is 1. The summed E-state index contributed by atoms with van der Waals surface area (Å²) in [7, 11) is 3.69. The van der Waals surface area contributed by atoms with Crippen molar-refractivity contribution in [2.45, 2.75) is 19.6 Å². The number of carbonyl (C=O) groups is 2. The molecular formula is C29H29FN2O4. The topological polar surface area (TPSA) is 70.1 Å². The second-order valence-electron chi connectivity index (χ2n) is 9.12. The van der Waals surface area contributed by atoms with Crippen LogP contribution in [0.25, 0.3) is 5.76 Å². The van der Waals surface area contributed by atoms with Crippen molar-refractivity contribution < 1.29 is 23.8 Å². The maximum atomic E-state index is 14.8. The van der Waals surface area contributed by atoms with E-state index in [1.54, 1.807) is 36.4 Å². The SMILES string of the molecule is Cc1cccc(COc2ccc(/C(O)=C3\C(=O)C(=O)N(CCN(C)C)[C@@H]3c3ccccc3F)cc2)c1. The van der Waals surface area contributed by atoms with Gasteiger partial charge in [0.1, 0.15) is 23.9 Å². The first-order valence-corrected chi connectivity index (χ1v) is 11.7. The highest BCUT2D eigenvalue weighted by molar-refractivity contribution is 6.46. The van der Waals surface area contributed by atoms with E-state index in [0.717, 1.165) is 11.1 Å². The maximum Gasteiger partial charge on any atom is 0.295 e. The van der Waals surface area contributed by atoms with E-state index in [0.29, 0.717) is 24.5 Å². The Morgan fingerprint density at radius 3 is 2.42 bits per heavy atom. The number of benzene rings is 3. The van der Waals surface area contributed by atoms with Crippen LogP contribution >= 0.6 is 0 Å². The number of aryl methyl sites for hydroxylation is 1. The lowest BCUT2D eigenvalue weighted by molar-refractivity contribution is -0.140. The zero-order chi connectivity index (χ0) is 25.8. The normalized spacial score (nSPS) is 17.1. The van der Waals surface area contributed by atoms with Gasteiger partial charge in [-0.15, -0.1) is 0 Å². The molecule has 3 aromatic rings. The minimum Gasteiger partial charge on any atom is -0.507 e. The van der Waals surface area contributed by atoms with E-state index in [4.69, 9.17) is 4.74 Å². The monoisotopic (exact) mass is 488 g/mol. The third-order valence-electron chi connectivity index (χ3n) is 6.14. The van der Waals surface area contributed by atoms with E-state index < -0.39 is 23.5 Å². The number of aliphatic hydroxyl groups excluding tert-OH is 1. The zero-order valence-corrected chi connectivity index (χ0v) is 20.6. The molecule has 0 unspecified atom stereocenters. The third-order valence-corrected chi connectivity index (χ3v) is 6.14. The Morgan fingerprint density at radius 1 is 1.03 bits per heavy atom. The molecule has 4 rings (SSSR count). The Labute approximate surface area is 210 Å². The van der Waals surface area contributed by atoms with Gasteiger partial charge in [0.2, 0.25) is 0 Å². The van der Waals surface area contributed by atoms with Crippen molar-refractivity contribution >= 4 is 17.4 Å². The largest absolute Gasteiger partial charge is 0.507 e. The van der Waals surface area contributed by atoms with E-state index >= 15 is 0 Å². The van der Waals surface area contributed by atoms with Crippen LogP contribution in [0, 0.1) is 12.7 Å². The van der Waals surface area contributed by atoms with Crippen molar-refractivity contribution in [1.29, 1.82) is 0 Å². The van der Waals surface area contributed by atoms with Gasteiger partial charge in [-0.2, -0.15) is 0 Å². The molecule has 1 N–H and O–H groups in total. The third kappa shape index (κ3) is 5.31. The van der Waals surface area contributed by atoms with Gasteiger partial charge >= 0.3 is 0 Å². The van der Waals surface area contributed by atoms with Gasteiger partial charge in [0.15, 0.2) is 0 Å². The molecular weight excluding hydrogens is 459 g/mol. The van der Waals surface area contributed by atoms with Crippen LogP contribution in [0.2, 0.25) is 0 Å². The van der Waals surface area contributed by atoms with Crippen molar-refractivity contribution in [3.8, 4) is 5.75 Å². The fourth-order valence-corrected chi connectivity index (χ4v) is 4.27. The molecule has 1 fully saturated rings. The number of ketones is 1. The first-order valence-electron chi connectivity index (χ1n) is 11.7. The van der Waals surface area contributed by atoms with Crippen LogP contribution in [0.5, 0.6) is 5.75 Å². The number of nitrogens with zero attached hydrogens (tertiary/aromatic N) is 2. The fourth-order valence-electron chi connectivity index (χ4n) is 4.27. The molecule has 1 amide bonds. The molecule has 1 aliphatic heterocycles. The number of Topliss-reactive ketones (excluding diaryl/α,β-unsaturated/α-hetero) is 1. The van der Waals surface area contributed by atoms with Crippen LogP contribution in [0.15, 0.2) is 78.4 Å². The molecule has 7 heteroatoms.